The number of amides is 1. The highest BCUT2D eigenvalue weighted by atomic mass is 32.1. The molecule has 0 aliphatic heterocycles. The molecular formula is C14H21N5OS. The molecule has 6 nitrogen and oxygen atoms in total. The van der Waals surface area contributed by atoms with Gasteiger partial charge in [-0.25, -0.2) is 4.98 Å². The highest BCUT2D eigenvalue weighted by molar-refractivity contribution is 7.18. The van der Waals surface area contributed by atoms with Crippen molar-refractivity contribution in [2.45, 2.75) is 27.2 Å². The summed E-state index contributed by atoms with van der Waals surface area (Å²) in [6, 6.07) is 2.09. The molecule has 0 aliphatic carbocycles. The van der Waals surface area contributed by atoms with Crippen LogP contribution in [0.5, 0.6) is 0 Å². The summed E-state index contributed by atoms with van der Waals surface area (Å²) in [4.78, 5) is 24.5. The number of hydrogen-bond donors (Lipinski definition) is 2. The van der Waals surface area contributed by atoms with E-state index in [2.05, 4.69) is 28.3 Å². The predicted molar refractivity (Wildman–Crippen MR) is 87.8 cm³/mol. The number of rotatable bonds is 6. The standard InChI is InChI=1S/C14H21N5OS/c1-4-9-7-10-12(17-14(15)18-13(10)21-9)19(6-3)8-11(20)16-5-2/h7H,4-6,8H2,1-3H3,(H,16,20)(H2,15,17,18). The van der Waals surface area contributed by atoms with Crippen LogP contribution in [0.1, 0.15) is 25.6 Å². The van der Waals surface area contributed by atoms with Gasteiger partial charge in [-0.1, -0.05) is 6.92 Å². The average molecular weight is 307 g/mol. The monoisotopic (exact) mass is 307 g/mol. The van der Waals surface area contributed by atoms with Gasteiger partial charge in [0.1, 0.15) is 10.6 Å². The smallest absolute Gasteiger partial charge is 0.239 e. The van der Waals surface area contributed by atoms with Crippen molar-refractivity contribution in [1.29, 1.82) is 0 Å². The minimum Gasteiger partial charge on any atom is -0.368 e. The van der Waals surface area contributed by atoms with Crippen LogP contribution < -0.4 is 16.0 Å². The maximum atomic E-state index is 11.8. The van der Waals surface area contributed by atoms with Crippen LogP contribution in [-0.4, -0.2) is 35.5 Å². The van der Waals surface area contributed by atoms with Crippen LogP contribution in [-0.2, 0) is 11.2 Å². The van der Waals surface area contributed by atoms with Crippen molar-refractivity contribution in [3.05, 3.63) is 10.9 Å². The van der Waals surface area contributed by atoms with Gasteiger partial charge in [0.15, 0.2) is 0 Å². The fourth-order valence-electron chi connectivity index (χ4n) is 2.15. The third-order valence-corrected chi connectivity index (χ3v) is 4.35. The van der Waals surface area contributed by atoms with E-state index in [0.717, 1.165) is 22.5 Å². The molecule has 114 valence electrons. The molecule has 0 spiro atoms. The second-order valence-corrected chi connectivity index (χ2v) is 5.77. The minimum atomic E-state index is -0.0179. The van der Waals surface area contributed by atoms with Gasteiger partial charge in [0.05, 0.1) is 11.9 Å². The molecular weight excluding hydrogens is 286 g/mol. The van der Waals surface area contributed by atoms with Gasteiger partial charge < -0.3 is 16.0 Å². The molecule has 0 saturated carbocycles. The van der Waals surface area contributed by atoms with Gasteiger partial charge in [0.2, 0.25) is 11.9 Å². The van der Waals surface area contributed by atoms with E-state index >= 15 is 0 Å². The molecule has 1 amide bonds. The topological polar surface area (TPSA) is 84.1 Å². The first-order valence-electron chi connectivity index (χ1n) is 7.16. The van der Waals surface area contributed by atoms with E-state index in [1.807, 2.05) is 18.7 Å². The van der Waals surface area contributed by atoms with Crippen molar-refractivity contribution in [2.24, 2.45) is 0 Å². The Bertz CT molecular complexity index is 640. The van der Waals surface area contributed by atoms with E-state index < -0.39 is 0 Å². The molecule has 0 atom stereocenters. The molecule has 0 radical (unpaired) electrons. The summed E-state index contributed by atoms with van der Waals surface area (Å²) in [5.74, 6) is 0.967. The number of fused-ring (bicyclic) bond motifs is 1. The molecule has 2 rings (SSSR count). The first-order chi connectivity index (χ1) is 10.1. The molecule has 0 unspecified atom stereocenters. The van der Waals surface area contributed by atoms with Gasteiger partial charge in [0, 0.05) is 18.0 Å². The Hall–Kier alpha value is -1.89. The normalized spacial score (nSPS) is 10.8. The van der Waals surface area contributed by atoms with Crippen molar-refractivity contribution < 1.29 is 4.79 Å². The molecule has 21 heavy (non-hydrogen) atoms. The number of nitrogen functional groups attached to an aromatic ring is 1. The summed E-state index contributed by atoms with van der Waals surface area (Å²) >= 11 is 1.62. The zero-order valence-electron chi connectivity index (χ0n) is 12.6. The Labute approximate surface area is 128 Å². The fourth-order valence-corrected chi connectivity index (χ4v) is 3.12. The molecule has 0 saturated heterocycles. The molecule has 0 aliphatic rings. The van der Waals surface area contributed by atoms with Crippen molar-refractivity contribution in [1.82, 2.24) is 15.3 Å². The Morgan fingerprint density at radius 3 is 2.76 bits per heavy atom. The van der Waals surface area contributed by atoms with Crippen LogP contribution >= 0.6 is 11.3 Å². The van der Waals surface area contributed by atoms with Gasteiger partial charge in [-0.3, -0.25) is 4.79 Å². The third kappa shape index (κ3) is 3.41. The minimum absolute atomic E-state index is 0.0179. The van der Waals surface area contributed by atoms with Crippen LogP contribution in [0.4, 0.5) is 11.8 Å². The number of carbonyl (C=O) groups is 1. The highest BCUT2D eigenvalue weighted by Gasteiger charge is 2.17. The summed E-state index contributed by atoms with van der Waals surface area (Å²) in [6.45, 7) is 7.58. The van der Waals surface area contributed by atoms with Crippen LogP contribution in [0.25, 0.3) is 10.2 Å². The summed E-state index contributed by atoms with van der Waals surface area (Å²) in [6.07, 6.45) is 0.947. The molecule has 2 aromatic rings. The highest BCUT2D eigenvalue weighted by Crippen LogP contribution is 2.31. The molecule has 0 bridgehead atoms. The van der Waals surface area contributed by atoms with Crippen molar-refractivity contribution >= 4 is 39.2 Å². The predicted octanol–water partition coefficient (Wildman–Crippen LogP) is 1.80. The summed E-state index contributed by atoms with van der Waals surface area (Å²) in [7, 11) is 0. The van der Waals surface area contributed by atoms with Gasteiger partial charge >= 0.3 is 0 Å². The van der Waals surface area contributed by atoms with E-state index in [9.17, 15) is 4.79 Å². The zero-order chi connectivity index (χ0) is 15.4. The summed E-state index contributed by atoms with van der Waals surface area (Å²) < 4.78 is 0. The molecule has 7 heteroatoms. The lowest BCUT2D eigenvalue weighted by Crippen LogP contribution is -2.37. The first kappa shape index (κ1) is 15.5. The molecule has 2 aromatic heterocycles. The number of hydrogen-bond acceptors (Lipinski definition) is 6. The number of nitrogens with two attached hydrogens (primary N) is 1. The van der Waals surface area contributed by atoms with E-state index in [1.165, 1.54) is 4.88 Å². The van der Waals surface area contributed by atoms with E-state index in [1.54, 1.807) is 11.3 Å². The number of aryl methyl sites for hydroxylation is 1. The maximum absolute atomic E-state index is 11.8. The number of nitrogens with one attached hydrogen (secondary N) is 1. The van der Waals surface area contributed by atoms with Crippen molar-refractivity contribution in [2.75, 3.05) is 30.3 Å². The number of likely N-dealkylation sites (N-methyl/N-ethyl adjacent to an activating group) is 2. The number of aromatic nitrogens is 2. The van der Waals surface area contributed by atoms with Gasteiger partial charge in [-0.2, -0.15) is 4.98 Å². The fraction of sp³-hybridized carbons (Fsp3) is 0.500. The number of nitrogens with zero attached hydrogens (tertiary/aromatic N) is 3. The van der Waals surface area contributed by atoms with Gasteiger partial charge in [-0.15, -0.1) is 11.3 Å². The quantitative estimate of drug-likeness (QED) is 0.850. The molecule has 3 N–H and O–H groups in total. The maximum Gasteiger partial charge on any atom is 0.239 e. The first-order valence-corrected chi connectivity index (χ1v) is 7.98. The Morgan fingerprint density at radius 1 is 1.38 bits per heavy atom. The van der Waals surface area contributed by atoms with Gasteiger partial charge in [0.25, 0.3) is 0 Å². The summed E-state index contributed by atoms with van der Waals surface area (Å²) in [5, 5.41) is 3.78. The Balaban J connectivity index is 2.42. The number of thiophene rings is 1. The van der Waals surface area contributed by atoms with E-state index in [-0.39, 0.29) is 18.4 Å². The number of carbonyl (C=O) groups excluding carboxylic acids is 1. The zero-order valence-corrected chi connectivity index (χ0v) is 13.5. The molecule has 0 fully saturated rings. The van der Waals surface area contributed by atoms with E-state index in [0.29, 0.717) is 13.1 Å². The molecule has 0 aromatic carbocycles. The van der Waals surface area contributed by atoms with E-state index in [4.69, 9.17) is 5.73 Å². The van der Waals surface area contributed by atoms with Crippen molar-refractivity contribution in [3.63, 3.8) is 0 Å². The molecule has 2 heterocycles. The third-order valence-electron chi connectivity index (χ3n) is 3.18. The lowest BCUT2D eigenvalue weighted by atomic mass is 10.3. The summed E-state index contributed by atoms with van der Waals surface area (Å²) in [5.41, 5.74) is 5.81. The second-order valence-electron chi connectivity index (χ2n) is 4.66. The average Bonchev–Trinajstić information content (AvgIpc) is 2.87. The van der Waals surface area contributed by atoms with Crippen molar-refractivity contribution in [3.8, 4) is 0 Å². The van der Waals surface area contributed by atoms with Crippen LogP contribution in [0.3, 0.4) is 0 Å². The van der Waals surface area contributed by atoms with Gasteiger partial charge in [-0.05, 0) is 26.3 Å². The largest absolute Gasteiger partial charge is 0.368 e. The lowest BCUT2D eigenvalue weighted by molar-refractivity contribution is -0.119. The number of anilines is 2. The SMILES string of the molecule is CCNC(=O)CN(CC)c1nc(N)nc2sc(CC)cc12. The lowest BCUT2D eigenvalue weighted by Gasteiger charge is -2.22. The second kappa shape index (κ2) is 6.71. The Kier molecular flexibility index (Phi) is 4.95. The Morgan fingerprint density at radius 2 is 2.14 bits per heavy atom. The van der Waals surface area contributed by atoms with Crippen LogP contribution in [0.2, 0.25) is 0 Å². The van der Waals surface area contributed by atoms with Crippen LogP contribution in [0.15, 0.2) is 6.07 Å². The van der Waals surface area contributed by atoms with Crippen LogP contribution in [0, 0.1) is 0 Å².